The van der Waals surface area contributed by atoms with Crippen LogP contribution in [0.3, 0.4) is 0 Å². The maximum atomic E-state index is 13.6. The summed E-state index contributed by atoms with van der Waals surface area (Å²) in [5.41, 5.74) is 3.03. The van der Waals surface area contributed by atoms with Gasteiger partial charge in [-0.2, -0.15) is 0 Å². The van der Waals surface area contributed by atoms with Crippen molar-refractivity contribution in [3.05, 3.63) is 71.5 Å². The number of phenolic OH excluding ortho intramolecular Hbond substituents is 1. The molecular weight excluding hydrogens is 682 g/mol. The number of halogens is 1. The summed E-state index contributed by atoms with van der Waals surface area (Å²) in [6.45, 7) is 6.09. The number of allylic oxidation sites excluding steroid dienone is 4. The molecule has 2 aromatic heterocycles. The number of H-pyrrole nitrogens is 1. The number of pyridine rings is 1. The minimum absolute atomic E-state index is 0. The van der Waals surface area contributed by atoms with Gasteiger partial charge in [0.15, 0.2) is 23.1 Å². The molecule has 1 aliphatic rings. The van der Waals surface area contributed by atoms with Crippen LogP contribution >= 0.6 is 11.6 Å². The van der Waals surface area contributed by atoms with E-state index in [1.54, 1.807) is 36.4 Å². The number of ether oxygens (including phenoxy) is 3. The molecule has 0 saturated carbocycles. The molecule has 0 fully saturated rings. The number of aromatic hydroxyl groups is 1. The minimum atomic E-state index is -0.248. The molecule has 0 spiro atoms. The molecule has 5 rings (SSSR count). The number of aliphatic hydroxyl groups is 2. The number of aliphatic hydroxyl groups excluding tert-OH is 2. The molecule has 3 heterocycles. The molecular formula is C34H38ClCrN3O9. The first-order chi connectivity index (χ1) is 22.3. The molecule has 1 amide bonds. The van der Waals surface area contributed by atoms with Gasteiger partial charge >= 0.3 is 0 Å². The number of nitrogens with zero attached hydrogens (tertiary/aromatic N) is 2. The number of hydrogen-bond donors (Lipinski definition) is 4. The molecule has 4 N–H and O–H groups in total. The van der Waals surface area contributed by atoms with Crippen LogP contribution in [0, 0.1) is 0 Å². The molecule has 0 saturated heterocycles. The van der Waals surface area contributed by atoms with Gasteiger partial charge in [-0.15, -0.1) is 11.6 Å². The number of nitrogens with one attached hydrogen (secondary N) is 1. The summed E-state index contributed by atoms with van der Waals surface area (Å²) >= 11 is 6.29. The zero-order chi connectivity index (χ0) is 35.0. The fourth-order valence-corrected chi connectivity index (χ4v) is 5.47. The maximum Gasteiger partial charge on any atom is 0.274 e. The van der Waals surface area contributed by atoms with Crippen molar-refractivity contribution in [2.45, 2.75) is 33.6 Å². The Hall–Kier alpha value is -4.70. The summed E-state index contributed by atoms with van der Waals surface area (Å²) in [6.07, 6.45) is 3.96. The number of anilines is 1. The molecule has 256 valence electrons. The van der Waals surface area contributed by atoms with Crippen molar-refractivity contribution in [1.29, 1.82) is 0 Å². The second kappa shape index (κ2) is 17.5. The number of fused-ring (bicyclic) bond motifs is 4. The van der Waals surface area contributed by atoms with Gasteiger partial charge in [0, 0.05) is 70.9 Å². The smallest absolute Gasteiger partial charge is 0.274 e. The van der Waals surface area contributed by atoms with Gasteiger partial charge in [-0.25, -0.2) is 0 Å². The number of hydrogen-bond acceptors (Lipinski definition) is 10. The second-order valence-corrected chi connectivity index (χ2v) is 10.9. The fraction of sp³-hybridized carbons (Fsp3) is 0.294. The van der Waals surface area contributed by atoms with Crippen molar-refractivity contribution >= 4 is 56.6 Å². The van der Waals surface area contributed by atoms with Gasteiger partial charge in [-0.1, -0.05) is 6.07 Å². The predicted octanol–water partition coefficient (Wildman–Crippen LogP) is 6.50. The molecule has 4 aromatic rings. The van der Waals surface area contributed by atoms with E-state index in [2.05, 4.69) is 9.97 Å². The number of benzene rings is 2. The predicted molar refractivity (Wildman–Crippen MR) is 181 cm³/mol. The third-order valence-electron chi connectivity index (χ3n) is 6.90. The number of rotatable bonds is 7. The molecule has 0 radical (unpaired) electrons. The third kappa shape index (κ3) is 9.01. The van der Waals surface area contributed by atoms with Gasteiger partial charge in [-0.05, 0) is 51.5 Å². The summed E-state index contributed by atoms with van der Waals surface area (Å²) < 4.78 is 16.4. The number of carbonyl (C=O) groups excluding carboxylic acids is 3. The normalized spacial score (nSPS) is 13.8. The number of amides is 1. The Morgan fingerprint density at radius 1 is 0.979 bits per heavy atom. The Morgan fingerprint density at radius 2 is 1.58 bits per heavy atom. The summed E-state index contributed by atoms with van der Waals surface area (Å²) in [7, 11) is 4.60. The van der Waals surface area contributed by atoms with Gasteiger partial charge in [-0.3, -0.25) is 19.4 Å². The Labute approximate surface area is 293 Å². The van der Waals surface area contributed by atoms with Gasteiger partial charge < -0.3 is 39.4 Å². The third-order valence-corrected chi connectivity index (χ3v) is 7.27. The molecule has 1 atom stereocenters. The number of alkyl halides is 1. The average Bonchev–Trinajstić information content (AvgIpc) is 3.60. The number of aromatic amines is 1. The number of aromatic nitrogens is 2. The van der Waals surface area contributed by atoms with Crippen LogP contribution in [-0.2, 0) is 27.0 Å². The zero-order valence-electron chi connectivity index (χ0n) is 27.6. The van der Waals surface area contributed by atoms with Crippen LogP contribution < -0.4 is 19.1 Å². The van der Waals surface area contributed by atoms with E-state index >= 15 is 0 Å². The van der Waals surface area contributed by atoms with Crippen molar-refractivity contribution in [2.75, 3.05) is 38.7 Å². The van der Waals surface area contributed by atoms with E-state index in [1.165, 1.54) is 54.1 Å². The van der Waals surface area contributed by atoms with Gasteiger partial charge in [0.1, 0.15) is 17.0 Å². The van der Waals surface area contributed by atoms with Crippen LogP contribution in [0.4, 0.5) is 5.69 Å². The van der Waals surface area contributed by atoms with E-state index in [0.29, 0.717) is 52.1 Å². The van der Waals surface area contributed by atoms with E-state index in [9.17, 15) is 19.5 Å². The summed E-state index contributed by atoms with van der Waals surface area (Å²) in [6, 6.07) is 8.82. The van der Waals surface area contributed by atoms with Gasteiger partial charge in [0.2, 0.25) is 5.75 Å². The molecule has 48 heavy (non-hydrogen) atoms. The zero-order valence-corrected chi connectivity index (χ0v) is 29.6. The number of methoxy groups -OCH3 is 3. The molecule has 14 heteroatoms. The van der Waals surface area contributed by atoms with Crippen LogP contribution in [0.1, 0.15) is 49.7 Å². The van der Waals surface area contributed by atoms with Crippen molar-refractivity contribution in [1.82, 2.24) is 9.97 Å². The van der Waals surface area contributed by atoms with Crippen LogP contribution in [0.2, 0.25) is 0 Å². The van der Waals surface area contributed by atoms with Crippen molar-refractivity contribution < 1.29 is 61.3 Å². The molecule has 1 aliphatic heterocycles. The summed E-state index contributed by atoms with van der Waals surface area (Å²) in [5, 5.41) is 28.8. The first-order valence-corrected chi connectivity index (χ1v) is 14.9. The van der Waals surface area contributed by atoms with Crippen molar-refractivity contribution in [3.63, 3.8) is 0 Å². The maximum absolute atomic E-state index is 13.6. The first-order valence-electron chi connectivity index (χ1n) is 14.3. The second-order valence-electron chi connectivity index (χ2n) is 10.6. The van der Waals surface area contributed by atoms with E-state index in [4.69, 9.17) is 36.0 Å². The Morgan fingerprint density at radius 3 is 2.06 bits per heavy atom. The molecule has 12 nitrogen and oxygen atoms in total. The van der Waals surface area contributed by atoms with E-state index in [0.717, 1.165) is 16.3 Å². The SMILES string of the molecule is CC(=O)/C=C(\C)O.CC(=O)/C=C(\C)O.COc1cc2cc(C(=O)N3CC(CCl)c4c3cc(O)c3ncccc43)[nH]c2c(OC)c1OC.[Cr]. The number of carbonyl (C=O) groups is 3. The monoisotopic (exact) mass is 719 g/mol. The van der Waals surface area contributed by atoms with Crippen LogP contribution in [-0.4, -0.2) is 76.5 Å². The van der Waals surface area contributed by atoms with Crippen molar-refractivity contribution in [3.8, 4) is 23.0 Å². The van der Waals surface area contributed by atoms with Crippen LogP contribution in [0.15, 0.2) is 60.2 Å². The summed E-state index contributed by atoms with van der Waals surface area (Å²) in [4.78, 5) is 42.8. The number of ketones is 2. The summed E-state index contributed by atoms with van der Waals surface area (Å²) in [5.74, 6) is 1.27. The Kier molecular flexibility index (Phi) is 14.4. The molecule has 0 aliphatic carbocycles. The van der Waals surface area contributed by atoms with E-state index in [-0.39, 0.29) is 58.0 Å². The Bertz CT molecular complexity index is 1830. The number of phenols is 1. The molecule has 2 aromatic carbocycles. The topological polar surface area (TPSA) is 172 Å². The van der Waals surface area contributed by atoms with E-state index in [1.807, 2.05) is 12.1 Å². The van der Waals surface area contributed by atoms with Crippen molar-refractivity contribution in [2.24, 2.45) is 0 Å². The van der Waals surface area contributed by atoms with Crippen LogP contribution in [0.5, 0.6) is 23.0 Å². The molecule has 1 unspecified atom stereocenters. The first kappa shape index (κ1) is 39.5. The standard InChI is InChI=1S/C24H22ClN3O5.2C5H8O2.Cr/c1-31-18-8-12-7-15(27-20(12)23(33-3)22(18)32-2)24(30)28-11-13(10-25)19-14-5-4-6-26-21(14)17(29)9-16(19)28;2*1-4(6)3-5(2)7;/h4-9,13,27,29H,10-11H2,1-3H3;2*3,6H,1-2H3;/b;2*4-3+;. The average molecular weight is 720 g/mol. The molecule has 0 bridgehead atoms. The van der Waals surface area contributed by atoms with Gasteiger partial charge in [0.05, 0.1) is 44.1 Å². The van der Waals surface area contributed by atoms with E-state index < -0.39 is 0 Å². The van der Waals surface area contributed by atoms with Crippen LogP contribution in [0.25, 0.3) is 21.8 Å². The van der Waals surface area contributed by atoms with Gasteiger partial charge in [0.25, 0.3) is 5.91 Å². The minimum Gasteiger partial charge on any atom is -0.512 e. The quantitative estimate of drug-likeness (QED) is 0.0939. The fourth-order valence-electron chi connectivity index (χ4n) is 5.21. The Balaban J connectivity index is 0.000000451. The largest absolute Gasteiger partial charge is 0.512 e.